The van der Waals surface area contributed by atoms with Gasteiger partial charge in [0, 0.05) is 17.0 Å². The fourth-order valence-corrected chi connectivity index (χ4v) is 4.86. The molecule has 0 unspecified atom stereocenters. The number of allylic oxidation sites excluding steroid dienone is 1. The van der Waals surface area contributed by atoms with Crippen LogP contribution in [0.15, 0.2) is 48.1 Å². The Labute approximate surface area is 183 Å². The van der Waals surface area contributed by atoms with Crippen LogP contribution in [0, 0.1) is 13.8 Å². The maximum absolute atomic E-state index is 12.6. The third-order valence-corrected chi connectivity index (χ3v) is 6.32. The second-order valence-electron chi connectivity index (χ2n) is 6.36. The van der Waals surface area contributed by atoms with Crippen molar-refractivity contribution < 1.29 is 14.3 Å². The van der Waals surface area contributed by atoms with E-state index < -0.39 is 5.97 Å². The largest absolute Gasteiger partial charge is 0.465 e. The molecule has 0 saturated heterocycles. The fourth-order valence-electron chi connectivity index (χ4n) is 2.98. The Hall–Kier alpha value is -2.91. The zero-order chi connectivity index (χ0) is 21.7. The number of carbonyl (C=O) groups is 2. The van der Waals surface area contributed by atoms with E-state index in [0.717, 1.165) is 21.8 Å². The van der Waals surface area contributed by atoms with Gasteiger partial charge in [-0.2, -0.15) is 0 Å². The van der Waals surface area contributed by atoms with Gasteiger partial charge in [0.2, 0.25) is 5.91 Å². The molecule has 156 valence electrons. The number of esters is 1. The molecule has 0 aliphatic rings. The fraction of sp³-hybridized carbons (Fsp3) is 0.238. The lowest BCUT2D eigenvalue weighted by atomic mass is 10.0. The average molecular weight is 443 g/mol. The number of anilines is 1. The number of aryl methyl sites for hydroxylation is 2. The van der Waals surface area contributed by atoms with Crippen LogP contribution in [0.4, 0.5) is 5.00 Å². The number of rotatable bonds is 8. The lowest BCUT2D eigenvalue weighted by molar-refractivity contribution is -0.113. The Kier molecular flexibility index (Phi) is 7.07. The van der Waals surface area contributed by atoms with Crippen LogP contribution < -0.4 is 5.32 Å². The minimum absolute atomic E-state index is 0.132. The molecule has 1 aromatic carbocycles. The molecule has 2 heterocycles. The second-order valence-corrected chi connectivity index (χ2v) is 8.53. The average Bonchev–Trinajstić information content (AvgIpc) is 3.26. The zero-order valence-electron chi connectivity index (χ0n) is 17.0. The van der Waals surface area contributed by atoms with E-state index in [0.29, 0.717) is 22.3 Å². The second kappa shape index (κ2) is 9.73. The van der Waals surface area contributed by atoms with Gasteiger partial charge in [0.05, 0.1) is 12.9 Å². The van der Waals surface area contributed by atoms with Crippen LogP contribution in [-0.2, 0) is 16.1 Å². The van der Waals surface area contributed by atoms with Crippen LogP contribution in [0.3, 0.4) is 0 Å². The molecule has 1 amide bonds. The van der Waals surface area contributed by atoms with Gasteiger partial charge in [0.15, 0.2) is 5.16 Å². The first-order valence-electron chi connectivity index (χ1n) is 9.16. The summed E-state index contributed by atoms with van der Waals surface area (Å²) in [5, 5.41) is 12.1. The van der Waals surface area contributed by atoms with Gasteiger partial charge in [-0.1, -0.05) is 48.2 Å². The van der Waals surface area contributed by atoms with Crippen LogP contribution in [0.25, 0.3) is 11.1 Å². The van der Waals surface area contributed by atoms with Crippen molar-refractivity contribution in [3.63, 3.8) is 0 Å². The highest BCUT2D eigenvalue weighted by Gasteiger charge is 2.25. The Bertz CT molecular complexity index is 1070. The molecule has 0 spiro atoms. The van der Waals surface area contributed by atoms with E-state index in [2.05, 4.69) is 22.1 Å². The standard InChI is InChI=1S/C21H22N4O3S2/c1-5-11-25-14(3)23-24-21(25)29-12-16(26)22-19-18(20(27)28-4)17(13(2)30-19)15-9-7-6-8-10-15/h5-10H,1,11-12H2,2-4H3,(H,22,26). The van der Waals surface area contributed by atoms with Crippen molar-refractivity contribution in [2.75, 3.05) is 18.2 Å². The number of hydrogen-bond acceptors (Lipinski definition) is 7. The molecular formula is C21H22N4O3S2. The van der Waals surface area contributed by atoms with E-state index in [1.807, 2.05) is 48.7 Å². The summed E-state index contributed by atoms with van der Waals surface area (Å²) in [6.45, 7) is 8.07. The van der Waals surface area contributed by atoms with E-state index >= 15 is 0 Å². The number of thioether (sulfide) groups is 1. The number of nitrogens with zero attached hydrogens (tertiary/aromatic N) is 3. The molecule has 0 atom stereocenters. The topological polar surface area (TPSA) is 86.1 Å². The van der Waals surface area contributed by atoms with E-state index in [4.69, 9.17) is 4.74 Å². The molecule has 1 N–H and O–H groups in total. The van der Waals surface area contributed by atoms with Crippen molar-refractivity contribution >= 4 is 40.0 Å². The predicted octanol–water partition coefficient (Wildman–Crippen LogP) is 4.33. The number of aromatic nitrogens is 3. The Morgan fingerprint density at radius 2 is 2.00 bits per heavy atom. The molecule has 0 bridgehead atoms. The molecule has 3 rings (SSSR count). The quantitative estimate of drug-likeness (QED) is 0.318. The third kappa shape index (κ3) is 4.63. The van der Waals surface area contributed by atoms with Crippen molar-refractivity contribution in [1.82, 2.24) is 14.8 Å². The highest BCUT2D eigenvalue weighted by molar-refractivity contribution is 7.99. The number of amides is 1. The van der Waals surface area contributed by atoms with Crippen molar-refractivity contribution in [2.24, 2.45) is 0 Å². The summed E-state index contributed by atoms with van der Waals surface area (Å²) in [6, 6.07) is 9.58. The summed E-state index contributed by atoms with van der Waals surface area (Å²) in [4.78, 5) is 26.1. The number of nitrogens with one attached hydrogen (secondary N) is 1. The summed E-state index contributed by atoms with van der Waals surface area (Å²) in [6.07, 6.45) is 1.75. The highest BCUT2D eigenvalue weighted by atomic mass is 32.2. The summed E-state index contributed by atoms with van der Waals surface area (Å²) in [5.41, 5.74) is 2.04. The van der Waals surface area contributed by atoms with Crippen LogP contribution in [0.2, 0.25) is 0 Å². The minimum Gasteiger partial charge on any atom is -0.465 e. The molecule has 7 nitrogen and oxygen atoms in total. The number of thiophene rings is 1. The Morgan fingerprint density at radius 3 is 2.67 bits per heavy atom. The molecule has 30 heavy (non-hydrogen) atoms. The number of benzene rings is 1. The number of ether oxygens (including phenoxy) is 1. The first-order valence-corrected chi connectivity index (χ1v) is 11.0. The molecule has 0 saturated carbocycles. The van der Waals surface area contributed by atoms with Crippen LogP contribution >= 0.6 is 23.1 Å². The van der Waals surface area contributed by atoms with Gasteiger partial charge in [-0.3, -0.25) is 4.79 Å². The van der Waals surface area contributed by atoms with Crippen LogP contribution in [0.5, 0.6) is 0 Å². The lowest BCUT2D eigenvalue weighted by Gasteiger charge is -2.08. The number of carbonyl (C=O) groups excluding carboxylic acids is 2. The zero-order valence-corrected chi connectivity index (χ0v) is 18.6. The summed E-state index contributed by atoms with van der Waals surface area (Å²) < 4.78 is 6.87. The molecule has 3 aromatic rings. The van der Waals surface area contributed by atoms with Crippen molar-refractivity contribution in [3.05, 3.63) is 59.3 Å². The van der Waals surface area contributed by atoms with Gasteiger partial charge in [0.1, 0.15) is 16.4 Å². The maximum atomic E-state index is 12.6. The maximum Gasteiger partial charge on any atom is 0.341 e. The number of hydrogen-bond donors (Lipinski definition) is 1. The van der Waals surface area contributed by atoms with Crippen LogP contribution in [0.1, 0.15) is 21.1 Å². The Balaban J connectivity index is 1.82. The minimum atomic E-state index is -0.484. The summed E-state index contributed by atoms with van der Waals surface area (Å²) in [7, 11) is 1.33. The first-order chi connectivity index (χ1) is 14.5. The highest BCUT2D eigenvalue weighted by Crippen LogP contribution is 2.40. The van der Waals surface area contributed by atoms with E-state index in [1.165, 1.54) is 30.2 Å². The van der Waals surface area contributed by atoms with Gasteiger partial charge < -0.3 is 14.6 Å². The summed E-state index contributed by atoms with van der Waals surface area (Å²) >= 11 is 2.64. The van der Waals surface area contributed by atoms with Gasteiger partial charge >= 0.3 is 5.97 Å². The molecule has 0 aliphatic heterocycles. The van der Waals surface area contributed by atoms with Gasteiger partial charge in [0.25, 0.3) is 0 Å². The molecular weight excluding hydrogens is 420 g/mol. The van der Waals surface area contributed by atoms with Gasteiger partial charge in [-0.15, -0.1) is 28.1 Å². The summed E-state index contributed by atoms with van der Waals surface area (Å²) in [5.74, 6) is 0.166. The smallest absolute Gasteiger partial charge is 0.341 e. The van der Waals surface area contributed by atoms with Gasteiger partial charge in [-0.05, 0) is 19.4 Å². The first kappa shape index (κ1) is 21.8. The molecule has 0 radical (unpaired) electrons. The van der Waals surface area contributed by atoms with E-state index in [9.17, 15) is 9.59 Å². The molecule has 0 aliphatic carbocycles. The SMILES string of the molecule is C=CCn1c(C)nnc1SCC(=O)Nc1sc(C)c(-c2ccccc2)c1C(=O)OC. The molecule has 2 aromatic heterocycles. The monoisotopic (exact) mass is 442 g/mol. The molecule has 0 fully saturated rings. The lowest BCUT2D eigenvalue weighted by Crippen LogP contribution is -2.16. The normalized spacial score (nSPS) is 10.6. The van der Waals surface area contributed by atoms with E-state index in [1.54, 1.807) is 6.08 Å². The number of methoxy groups -OCH3 is 1. The molecule has 9 heteroatoms. The van der Waals surface area contributed by atoms with Crippen molar-refractivity contribution in [3.8, 4) is 11.1 Å². The predicted molar refractivity (Wildman–Crippen MR) is 120 cm³/mol. The Morgan fingerprint density at radius 1 is 1.27 bits per heavy atom. The van der Waals surface area contributed by atoms with Gasteiger partial charge in [-0.25, -0.2) is 4.79 Å². The van der Waals surface area contributed by atoms with Crippen molar-refractivity contribution in [1.29, 1.82) is 0 Å². The van der Waals surface area contributed by atoms with Crippen molar-refractivity contribution in [2.45, 2.75) is 25.5 Å². The van der Waals surface area contributed by atoms with Crippen LogP contribution in [-0.4, -0.2) is 39.5 Å². The van der Waals surface area contributed by atoms with E-state index in [-0.39, 0.29) is 11.7 Å². The third-order valence-electron chi connectivity index (χ3n) is 4.34.